The third-order valence-corrected chi connectivity index (χ3v) is 6.78. The lowest BCUT2D eigenvalue weighted by Crippen LogP contribution is -2.14. The third-order valence-electron chi connectivity index (χ3n) is 4.27. The summed E-state index contributed by atoms with van der Waals surface area (Å²) < 4.78 is 55.5. The van der Waals surface area contributed by atoms with Crippen molar-refractivity contribution in [3.8, 4) is 0 Å². The topological polar surface area (TPSA) is 146 Å². The minimum absolute atomic E-state index is 0.0741. The number of aromatic nitrogens is 1. The summed E-state index contributed by atoms with van der Waals surface area (Å²) in [6, 6.07) is 15.7. The molecule has 0 aliphatic carbocycles. The van der Waals surface area contributed by atoms with Crippen LogP contribution in [0.5, 0.6) is 0 Å². The van der Waals surface area contributed by atoms with Gasteiger partial charge < -0.3 is 4.90 Å². The average molecular weight is 508 g/mol. The molecule has 182 valence electrons. The number of amides is 1. The first kappa shape index (κ1) is 27.0. The van der Waals surface area contributed by atoms with Gasteiger partial charge in [0.1, 0.15) is 0 Å². The highest BCUT2D eigenvalue weighted by atomic mass is 32.2. The smallest absolute Gasteiger partial charge is 0.294 e. The van der Waals surface area contributed by atoms with Gasteiger partial charge in [-0.05, 0) is 61.6 Å². The van der Waals surface area contributed by atoms with Gasteiger partial charge in [0.15, 0.2) is 0 Å². The van der Waals surface area contributed by atoms with Gasteiger partial charge in [-0.25, -0.2) is 17.9 Å². The fraction of sp³-hybridized carbons (Fsp3) is 0.136. The SMILES string of the molecule is CN(C)Cc1ccc(S(=O)(=O)n2ccc(C=CC(=O)NO)c2)cc1.O=S(=O)(O)c1ccccc1. The fourth-order valence-corrected chi connectivity index (χ4v) is 4.40. The van der Waals surface area contributed by atoms with E-state index in [0.717, 1.165) is 22.2 Å². The number of benzene rings is 2. The molecule has 0 atom stereocenters. The molecule has 0 aliphatic heterocycles. The van der Waals surface area contributed by atoms with E-state index in [9.17, 15) is 21.6 Å². The lowest BCUT2D eigenvalue weighted by molar-refractivity contribution is -0.124. The van der Waals surface area contributed by atoms with Crippen molar-refractivity contribution in [3.63, 3.8) is 0 Å². The average Bonchev–Trinajstić information content (AvgIpc) is 3.28. The quantitative estimate of drug-likeness (QED) is 0.191. The van der Waals surface area contributed by atoms with E-state index in [1.54, 1.807) is 48.5 Å². The Hall–Kier alpha value is -3.29. The summed E-state index contributed by atoms with van der Waals surface area (Å²) in [6.45, 7) is 0.728. The van der Waals surface area contributed by atoms with Crippen molar-refractivity contribution in [2.24, 2.45) is 0 Å². The second-order valence-corrected chi connectivity index (χ2v) is 10.5. The molecule has 12 heteroatoms. The molecule has 1 heterocycles. The van der Waals surface area contributed by atoms with Gasteiger partial charge >= 0.3 is 0 Å². The van der Waals surface area contributed by atoms with Crippen LogP contribution in [0, 0.1) is 0 Å². The number of nitrogens with zero attached hydrogens (tertiary/aromatic N) is 2. The van der Waals surface area contributed by atoms with E-state index >= 15 is 0 Å². The zero-order valence-corrected chi connectivity index (χ0v) is 20.1. The molecular formula is C22H25N3O7S2. The van der Waals surface area contributed by atoms with Crippen molar-refractivity contribution >= 4 is 32.1 Å². The second kappa shape index (κ2) is 11.7. The number of hydrogen-bond acceptors (Lipinski definition) is 7. The Balaban J connectivity index is 0.000000340. The number of nitrogens with one attached hydrogen (secondary N) is 1. The number of carbonyl (C=O) groups excluding carboxylic acids is 1. The molecule has 1 aromatic heterocycles. The molecule has 3 N–H and O–H groups in total. The Morgan fingerprint density at radius 3 is 2.09 bits per heavy atom. The molecule has 0 saturated heterocycles. The number of rotatable bonds is 7. The molecule has 10 nitrogen and oxygen atoms in total. The maximum atomic E-state index is 12.6. The van der Waals surface area contributed by atoms with Crippen LogP contribution in [0.4, 0.5) is 0 Å². The van der Waals surface area contributed by atoms with Crippen molar-refractivity contribution in [3.05, 3.63) is 90.3 Å². The van der Waals surface area contributed by atoms with Gasteiger partial charge in [0.25, 0.3) is 26.0 Å². The van der Waals surface area contributed by atoms with Crippen LogP contribution >= 0.6 is 0 Å². The summed E-state index contributed by atoms with van der Waals surface area (Å²) in [5.41, 5.74) is 3.00. The van der Waals surface area contributed by atoms with Gasteiger partial charge in [0.2, 0.25) is 0 Å². The van der Waals surface area contributed by atoms with Crippen LogP contribution in [0.15, 0.2) is 88.9 Å². The van der Waals surface area contributed by atoms with E-state index in [-0.39, 0.29) is 9.79 Å². The van der Waals surface area contributed by atoms with Crippen molar-refractivity contribution < 1.29 is 31.4 Å². The fourth-order valence-electron chi connectivity index (χ4n) is 2.70. The summed E-state index contributed by atoms with van der Waals surface area (Å²) in [6.07, 6.45) is 5.30. The van der Waals surface area contributed by atoms with Gasteiger partial charge in [0.05, 0.1) is 9.79 Å². The molecule has 0 saturated carbocycles. The lowest BCUT2D eigenvalue weighted by atomic mass is 10.2. The maximum absolute atomic E-state index is 12.6. The highest BCUT2D eigenvalue weighted by molar-refractivity contribution is 7.90. The Morgan fingerprint density at radius 2 is 1.59 bits per heavy atom. The van der Waals surface area contributed by atoms with Crippen molar-refractivity contribution in [2.75, 3.05) is 14.1 Å². The van der Waals surface area contributed by atoms with Crippen molar-refractivity contribution in [1.82, 2.24) is 14.4 Å². The van der Waals surface area contributed by atoms with Crippen molar-refractivity contribution in [2.45, 2.75) is 16.3 Å². The molecule has 0 radical (unpaired) electrons. The molecule has 2 aromatic carbocycles. The van der Waals surface area contributed by atoms with E-state index in [2.05, 4.69) is 0 Å². The Kier molecular flexibility index (Phi) is 9.29. The van der Waals surface area contributed by atoms with Gasteiger partial charge in [-0.15, -0.1) is 0 Å². The van der Waals surface area contributed by atoms with E-state index in [0.29, 0.717) is 5.56 Å². The second-order valence-electron chi connectivity index (χ2n) is 7.26. The van der Waals surface area contributed by atoms with Gasteiger partial charge in [-0.2, -0.15) is 8.42 Å². The molecule has 1 amide bonds. The highest BCUT2D eigenvalue weighted by Gasteiger charge is 2.16. The van der Waals surface area contributed by atoms with Gasteiger partial charge in [0, 0.05) is 25.0 Å². The minimum Gasteiger partial charge on any atom is -0.305 e. The molecule has 0 unspecified atom stereocenters. The molecule has 0 aliphatic rings. The first-order chi connectivity index (χ1) is 15.9. The summed E-state index contributed by atoms with van der Waals surface area (Å²) in [4.78, 5) is 13.0. The largest absolute Gasteiger partial charge is 0.305 e. The standard InChI is InChI=1S/C16H19N3O4S.C6H6O3S/c1-18(2)11-13-3-6-15(7-4-13)24(22,23)19-10-9-14(12-19)5-8-16(20)17-21;7-10(8,9)6-4-2-1-3-5-6/h3-10,12,21H,11H2,1-2H3,(H,17,20);1-5H,(H,7,8,9). The van der Waals surface area contributed by atoms with Crippen LogP contribution in [-0.2, 0) is 31.5 Å². The first-order valence-corrected chi connectivity index (χ1v) is 12.6. The highest BCUT2D eigenvalue weighted by Crippen LogP contribution is 2.17. The lowest BCUT2D eigenvalue weighted by Gasteiger charge is -2.10. The van der Waals surface area contributed by atoms with E-state index in [4.69, 9.17) is 9.76 Å². The first-order valence-electron chi connectivity index (χ1n) is 9.75. The number of hydrogen-bond donors (Lipinski definition) is 3. The molecule has 0 spiro atoms. The molecule has 0 bridgehead atoms. The van der Waals surface area contributed by atoms with Crippen LogP contribution in [0.25, 0.3) is 6.08 Å². The Morgan fingerprint density at radius 1 is 0.971 bits per heavy atom. The zero-order chi connectivity index (χ0) is 25.4. The van der Waals surface area contributed by atoms with Crippen LogP contribution < -0.4 is 5.48 Å². The summed E-state index contributed by atoms with van der Waals surface area (Å²) >= 11 is 0. The normalized spacial score (nSPS) is 11.8. The molecule has 3 aromatic rings. The monoisotopic (exact) mass is 507 g/mol. The molecule has 34 heavy (non-hydrogen) atoms. The Bertz CT molecular complexity index is 1330. The molecular weight excluding hydrogens is 482 g/mol. The Labute approximate surface area is 198 Å². The van der Waals surface area contributed by atoms with Crippen LogP contribution in [-0.4, -0.2) is 55.5 Å². The van der Waals surface area contributed by atoms with Crippen LogP contribution in [0.3, 0.4) is 0 Å². The van der Waals surface area contributed by atoms with E-state index in [1.807, 2.05) is 19.0 Å². The molecule has 3 rings (SSSR count). The summed E-state index contributed by atoms with van der Waals surface area (Å²) in [5, 5.41) is 8.42. The predicted molar refractivity (Wildman–Crippen MR) is 126 cm³/mol. The maximum Gasteiger partial charge on any atom is 0.294 e. The van der Waals surface area contributed by atoms with E-state index in [1.165, 1.54) is 36.1 Å². The number of hydroxylamine groups is 1. The van der Waals surface area contributed by atoms with Crippen LogP contribution in [0.1, 0.15) is 11.1 Å². The minimum atomic E-state index is -4.00. The number of carbonyl (C=O) groups is 1. The van der Waals surface area contributed by atoms with E-state index < -0.39 is 26.0 Å². The summed E-state index contributed by atoms with van der Waals surface area (Å²) in [5.74, 6) is -0.693. The van der Waals surface area contributed by atoms with Crippen LogP contribution in [0.2, 0.25) is 0 Å². The predicted octanol–water partition coefficient (Wildman–Crippen LogP) is 2.24. The summed E-state index contributed by atoms with van der Waals surface area (Å²) in [7, 11) is -3.81. The molecule has 0 fully saturated rings. The van der Waals surface area contributed by atoms with Gasteiger partial charge in [-0.3, -0.25) is 14.6 Å². The van der Waals surface area contributed by atoms with Crippen molar-refractivity contribution in [1.29, 1.82) is 0 Å². The zero-order valence-electron chi connectivity index (χ0n) is 18.4. The third kappa shape index (κ3) is 7.93. The van der Waals surface area contributed by atoms with Gasteiger partial charge in [-0.1, -0.05) is 30.3 Å².